The van der Waals surface area contributed by atoms with Crippen LogP contribution in [0.3, 0.4) is 0 Å². The maximum atomic E-state index is 10.5. The van der Waals surface area contributed by atoms with Gasteiger partial charge >= 0.3 is 0 Å². The minimum absolute atomic E-state index is 0.514. The van der Waals surface area contributed by atoms with Crippen molar-refractivity contribution < 1.29 is 5.11 Å². The van der Waals surface area contributed by atoms with Crippen LogP contribution in [0.2, 0.25) is 0 Å². The van der Waals surface area contributed by atoms with E-state index in [1.54, 1.807) is 10.9 Å². The molecule has 1 atom stereocenters. The van der Waals surface area contributed by atoms with Crippen LogP contribution >= 0.6 is 15.9 Å². The molecule has 0 saturated heterocycles. The molecule has 0 fully saturated rings. The molecule has 0 radical (unpaired) electrons. The minimum atomic E-state index is -0.658. The lowest BCUT2D eigenvalue weighted by molar-refractivity contribution is 0.170. The molecule has 106 valence electrons. The number of nitrogens with zero attached hydrogens (tertiary/aromatic N) is 3. The molecule has 3 rings (SSSR count). The molecule has 0 aliphatic heterocycles. The molecule has 1 N–H and O–H groups in total. The fourth-order valence-electron chi connectivity index (χ4n) is 2.23. The summed E-state index contributed by atoms with van der Waals surface area (Å²) in [6.07, 6.45) is 1.46. The van der Waals surface area contributed by atoms with Crippen molar-refractivity contribution in [3.8, 4) is 5.69 Å². The van der Waals surface area contributed by atoms with Crippen molar-refractivity contribution in [2.75, 3.05) is 0 Å². The molecule has 1 aromatic heterocycles. The summed E-state index contributed by atoms with van der Waals surface area (Å²) in [6, 6.07) is 17.6. The third-order valence-electron chi connectivity index (χ3n) is 3.24. The summed E-state index contributed by atoms with van der Waals surface area (Å²) in [7, 11) is 0. The van der Waals surface area contributed by atoms with Crippen LogP contribution in [0.15, 0.2) is 65.3 Å². The van der Waals surface area contributed by atoms with Crippen molar-refractivity contribution in [2.45, 2.75) is 12.5 Å². The Morgan fingerprint density at radius 1 is 1.10 bits per heavy atom. The second-order valence-electron chi connectivity index (χ2n) is 4.76. The van der Waals surface area contributed by atoms with Gasteiger partial charge in [-0.05, 0) is 29.8 Å². The first-order valence-electron chi connectivity index (χ1n) is 6.62. The molecule has 21 heavy (non-hydrogen) atoms. The zero-order valence-electron chi connectivity index (χ0n) is 11.2. The molecule has 0 saturated carbocycles. The molecule has 0 aliphatic rings. The van der Waals surface area contributed by atoms with Crippen LogP contribution in [0, 0.1) is 0 Å². The standard InChI is InChI=1S/C16H14BrN3O/c17-13-6-4-5-12(9-13)10-16(21)15-11-18-19-20(15)14-7-2-1-3-8-14/h1-9,11,16,21H,10H2. The number of halogens is 1. The van der Waals surface area contributed by atoms with Gasteiger partial charge in [-0.1, -0.05) is 51.5 Å². The number of hydrogen-bond donors (Lipinski definition) is 1. The molecule has 2 aromatic carbocycles. The molecule has 3 aromatic rings. The molecular weight excluding hydrogens is 330 g/mol. The Morgan fingerprint density at radius 2 is 1.90 bits per heavy atom. The van der Waals surface area contributed by atoms with Gasteiger partial charge in [0.1, 0.15) is 6.10 Å². The van der Waals surface area contributed by atoms with E-state index in [-0.39, 0.29) is 0 Å². The molecule has 0 aliphatic carbocycles. The normalized spacial score (nSPS) is 12.3. The Labute approximate surface area is 131 Å². The monoisotopic (exact) mass is 343 g/mol. The number of rotatable bonds is 4. The number of aliphatic hydroxyl groups excluding tert-OH is 1. The molecule has 0 spiro atoms. The lowest BCUT2D eigenvalue weighted by Gasteiger charge is -2.12. The van der Waals surface area contributed by atoms with E-state index in [4.69, 9.17) is 0 Å². The van der Waals surface area contributed by atoms with E-state index < -0.39 is 6.10 Å². The second kappa shape index (κ2) is 6.20. The van der Waals surface area contributed by atoms with Crippen molar-refractivity contribution in [1.29, 1.82) is 0 Å². The largest absolute Gasteiger partial charge is 0.386 e. The van der Waals surface area contributed by atoms with Gasteiger partial charge in [0.05, 0.1) is 17.6 Å². The Balaban J connectivity index is 1.86. The van der Waals surface area contributed by atoms with Crippen LogP contribution in [0.4, 0.5) is 0 Å². The minimum Gasteiger partial charge on any atom is -0.386 e. The van der Waals surface area contributed by atoms with Crippen LogP contribution in [-0.4, -0.2) is 20.1 Å². The Kier molecular flexibility index (Phi) is 4.13. The fourth-order valence-corrected chi connectivity index (χ4v) is 2.68. The summed E-state index contributed by atoms with van der Waals surface area (Å²) >= 11 is 3.44. The highest BCUT2D eigenvalue weighted by atomic mass is 79.9. The Hall–Kier alpha value is -1.98. The molecule has 1 heterocycles. The van der Waals surface area contributed by atoms with Gasteiger partial charge in [0, 0.05) is 10.9 Å². The number of aromatic nitrogens is 3. The van der Waals surface area contributed by atoms with Gasteiger partial charge in [0.2, 0.25) is 0 Å². The van der Waals surface area contributed by atoms with Gasteiger partial charge in [0.15, 0.2) is 0 Å². The van der Waals surface area contributed by atoms with Gasteiger partial charge in [-0.2, -0.15) is 0 Å². The third-order valence-corrected chi connectivity index (χ3v) is 3.73. The summed E-state index contributed by atoms with van der Waals surface area (Å²) in [5.41, 5.74) is 2.62. The van der Waals surface area contributed by atoms with E-state index in [2.05, 4.69) is 26.2 Å². The average molecular weight is 344 g/mol. The SMILES string of the molecule is OC(Cc1cccc(Br)c1)c1cnnn1-c1ccccc1. The van der Waals surface area contributed by atoms with Crippen molar-refractivity contribution >= 4 is 15.9 Å². The van der Waals surface area contributed by atoms with Crippen LogP contribution < -0.4 is 0 Å². The molecule has 4 nitrogen and oxygen atoms in total. The molecular formula is C16H14BrN3O. The van der Waals surface area contributed by atoms with E-state index in [1.807, 2.05) is 54.6 Å². The van der Waals surface area contributed by atoms with E-state index in [0.29, 0.717) is 12.1 Å². The summed E-state index contributed by atoms with van der Waals surface area (Å²) < 4.78 is 2.67. The number of hydrogen-bond acceptors (Lipinski definition) is 3. The summed E-state index contributed by atoms with van der Waals surface area (Å²) in [6.45, 7) is 0. The number of benzene rings is 2. The van der Waals surface area contributed by atoms with Crippen molar-refractivity contribution in [3.05, 3.63) is 76.5 Å². The lowest BCUT2D eigenvalue weighted by atomic mass is 10.1. The highest BCUT2D eigenvalue weighted by Crippen LogP contribution is 2.21. The van der Waals surface area contributed by atoms with E-state index >= 15 is 0 Å². The maximum Gasteiger partial charge on any atom is 0.102 e. The Morgan fingerprint density at radius 3 is 2.67 bits per heavy atom. The third kappa shape index (κ3) is 3.20. The van der Waals surface area contributed by atoms with E-state index in [9.17, 15) is 5.11 Å². The fraction of sp³-hybridized carbons (Fsp3) is 0.125. The van der Waals surface area contributed by atoms with E-state index in [0.717, 1.165) is 15.7 Å². The van der Waals surface area contributed by atoms with Crippen molar-refractivity contribution in [3.63, 3.8) is 0 Å². The average Bonchev–Trinajstić information content (AvgIpc) is 2.98. The maximum absolute atomic E-state index is 10.5. The zero-order chi connectivity index (χ0) is 14.7. The first-order chi connectivity index (χ1) is 10.2. The second-order valence-corrected chi connectivity index (χ2v) is 5.67. The van der Waals surface area contributed by atoms with Crippen LogP contribution in [0.1, 0.15) is 17.4 Å². The smallest absolute Gasteiger partial charge is 0.102 e. The Bertz CT molecular complexity index is 727. The summed E-state index contributed by atoms with van der Waals surface area (Å²) in [4.78, 5) is 0. The van der Waals surface area contributed by atoms with Crippen LogP contribution in [0.25, 0.3) is 5.69 Å². The quantitative estimate of drug-likeness (QED) is 0.790. The topological polar surface area (TPSA) is 50.9 Å². The van der Waals surface area contributed by atoms with Gasteiger partial charge in [0.25, 0.3) is 0 Å². The predicted molar refractivity (Wildman–Crippen MR) is 84.2 cm³/mol. The first-order valence-corrected chi connectivity index (χ1v) is 7.42. The van der Waals surface area contributed by atoms with Gasteiger partial charge in [-0.15, -0.1) is 5.10 Å². The highest BCUT2D eigenvalue weighted by Gasteiger charge is 2.16. The molecule has 0 amide bonds. The first kappa shape index (κ1) is 14.0. The van der Waals surface area contributed by atoms with Gasteiger partial charge in [-0.3, -0.25) is 0 Å². The molecule has 5 heteroatoms. The number of aliphatic hydroxyl groups is 1. The molecule has 1 unspecified atom stereocenters. The van der Waals surface area contributed by atoms with Gasteiger partial charge in [-0.25, -0.2) is 4.68 Å². The van der Waals surface area contributed by atoms with E-state index in [1.165, 1.54) is 0 Å². The van der Waals surface area contributed by atoms with Crippen LogP contribution in [0.5, 0.6) is 0 Å². The van der Waals surface area contributed by atoms with Gasteiger partial charge < -0.3 is 5.11 Å². The zero-order valence-corrected chi connectivity index (χ0v) is 12.8. The summed E-state index contributed by atoms with van der Waals surface area (Å²) in [5.74, 6) is 0. The number of para-hydroxylation sites is 1. The van der Waals surface area contributed by atoms with Crippen molar-refractivity contribution in [1.82, 2.24) is 15.0 Å². The predicted octanol–water partition coefficient (Wildman–Crippen LogP) is 3.31. The van der Waals surface area contributed by atoms with Crippen molar-refractivity contribution in [2.24, 2.45) is 0 Å². The lowest BCUT2D eigenvalue weighted by Crippen LogP contribution is -2.09. The summed E-state index contributed by atoms with van der Waals surface area (Å²) in [5, 5.41) is 18.5. The molecule has 0 bridgehead atoms. The highest BCUT2D eigenvalue weighted by molar-refractivity contribution is 9.10. The van der Waals surface area contributed by atoms with Crippen LogP contribution in [-0.2, 0) is 6.42 Å².